The Bertz CT molecular complexity index is 722. The van der Waals surface area contributed by atoms with Crippen LogP contribution in [0.2, 0.25) is 0 Å². The first kappa shape index (κ1) is 11.6. The van der Waals surface area contributed by atoms with Crippen LogP contribution in [0.3, 0.4) is 0 Å². The van der Waals surface area contributed by atoms with Crippen LogP contribution >= 0.6 is 0 Å². The first-order chi connectivity index (χ1) is 9.03. The van der Waals surface area contributed by atoms with Crippen LogP contribution in [0.25, 0.3) is 5.78 Å². The first-order valence-corrected chi connectivity index (χ1v) is 5.98. The minimum Gasteiger partial charge on any atom is -0.331 e. The second-order valence-electron chi connectivity index (χ2n) is 4.83. The summed E-state index contributed by atoms with van der Waals surface area (Å²) >= 11 is 0. The third-order valence-corrected chi connectivity index (χ3v) is 3.14. The van der Waals surface area contributed by atoms with Crippen molar-refractivity contribution in [2.24, 2.45) is 0 Å². The maximum Gasteiger partial charge on any atom is 0.292 e. The molecule has 3 rings (SSSR count). The van der Waals surface area contributed by atoms with E-state index < -0.39 is 11.4 Å². The highest BCUT2D eigenvalue weighted by atomic mass is 16.2. The molecule has 0 atom stereocenters. The van der Waals surface area contributed by atoms with Gasteiger partial charge in [-0.2, -0.15) is 10.2 Å². The molecule has 1 saturated carbocycles. The molecule has 96 valence electrons. The average Bonchev–Trinajstić information content (AvgIpc) is 2.98. The quantitative estimate of drug-likeness (QED) is 0.845. The molecule has 1 N–H and O–H groups in total. The summed E-state index contributed by atoms with van der Waals surface area (Å²) in [6.07, 6.45) is 1.36. The number of aromatic nitrogens is 4. The molecule has 0 radical (unpaired) electrons. The summed E-state index contributed by atoms with van der Waals surface area (Å²) in [6.45, 7) is 3.73. The van der Waals surface area contributed by atoms with Gasteiger partial charge in [-0.15, -0.1) is 5.10 Å². The summed E-state index contributed by atoms with van der Waals surface area (Å²) in [5.74, 6) is 0.00813. The number of carbonyl (C=O) groups excluding carboxylic acids is 1. The minimum absolute atomic E-state index is 0.0442. The summed E-state index contributed by atoms with van der Waals surface area (Å²) in [5, 5.41) is 15.7. The van der Waals surface area contributed by atoms with E-state index in [1.807, 2.05) is 19.9 Å². The highest BCUT2D eigenvalue weighted by Gasteiger charge is 2.45. The van der Waals surface area contributed by atoms with Gasteiger partial charge >= 0.3 is 0 Å². The standard InChI is InChI=1S/C12H12N6O/c1-7-5-8(2)18-11(14-7)15-9(17-18)10(19)16-12(6-13)3-4-12/h5H,3-4H2,1-2H3,(H,16,19). The van der Waals surface area contributed by atoms with Gasteiger partial charge in [0.2, 0.25) is 5.82 Å². The van der Waals surface area contributed by atoms with Crippen LogP contribution in [0.1, 0.15) is 34.8 Å². The monoisotopic (exact) mass is 256 g/mol. The van der Waals surface area contributed by atoms with Gasteiger partial charge in [-0.05, 0) is 32.8 Å². The molecule has 7 nitrogen and oxygen atoms in total. The molecule has 2 aromatic heterocycles. The second-order valence-corrected chi connectivity index (χ2v) is 4.83. The molecule has 0 spiro atoms. The fourth-order valence-corrected chi connectivity index (χ4v) is 1.93. The molecule has 2 aromatic rings. The topological polar surface area (TPSA) is 96.0 Å². The van der Waals surface area contributed by atoms with E-state index in [4.69, 9.17) is 5.26 Å². The Hall–Kier alpha value is -2.49. The van der Waals surface area contributed by atoms with Crippen LogP contribution < -0.4 is 5.32 Å². The van der Waals surface area contributed by atoms with Gasteiger partial charge in [0, 0.05) is 11.4 Å². The number of hydrogen-bond acceptors (Lipinski definition) is 5. The number of hydrogen-bond donors (Lipinski definition) is 1. The van der Waals surface area contributed by atoms with Crippen molar-refractivity contribution in [1.82, 2.24) is 24.9 Å². The molecule has 1 aliphatic carbocycles. The van der Waals surface area contributed by atoms with E-state index in [1.165, 1.54) is 4.52 Å². The Labute approximate surface area is 109 Å². The van der Waals surface area contributed by atoms with Crippen molar-refractivity contribution in [1.29, 1.82) is 5.26 Å². The molecule has 1 fully saturated rings. The van der Waals surface area contributed by atoms with Crippen molar-refractivity contribution in [3.8, 4) is 6.07 Å². The van der Waals surface area contributed by atoms with Crippen molar-refractivity contribution in [3.05, 3.63) is 23.3 Å². The third-order valence-electron chi connectivity index (χ3n) is 3.14. The summed E-state index contributed by atoms with van der Waals surface area (Å²) in [5.41, 5.74) is 0.961. The van der Waals surface area contributed by atoms with Crippen LogP contribution in [0.5, 0.6) is 0 Å². The zero-order valence-corrected chi connectivity index (χ0v) is 10.6. The van der Waals surface area contributed by atoms with Gasteiger partial charge < -0.3 is 5.32 Å². The van der Waals surface area contributed by atoms with E-state index in [-0.39, 0.29) is 5.82 Å². The van der Waals surface area contributed by atoms with Crippen molar-refractivity contribution >= 4 is 11.7 Å². The summed E-state index contributed by atoms with van der Waals surface area (Å²) in [4.78, 5) is 20.3. The summed E-state index contributed by atoms with van der Waals surface area (Å²) in [7, 11) is 0. The zero-order valence-electron chi connectivity index (χ0n) is 10.6. The van der Waals surface area contributed by atoms with Crippen LogP contribution in [0.15, 0.2) is 6.07 Å². The fraction of sp³-hybridized carbons (Fsp3) is 0.417. The average molecular weight is 256 g/mol. The van der Waals surface area contributed by atoms with E-state index >= 15 is 0 Å². The third kappa shape index (κ3) is 1.91. The lowest BCUT2D eigenvalue weighted by Crippen LogP contribution is -2.36. The van der Waals surface area contributed by atoms with Gasteiger partial charge in [0.15, 0.2) is 0 Å². The van der Waals surface area contributed by atoms with Gasteiger partial charge in [0.05, 0.1) is 6.07 Å². The van der Waals surface area contributed by atoms with Gasteiger partial charge in [-0.25, -0.2) is 9.50 Å². The predicted octanol–water partition coefficient (Wildman–Crippen LogP) is 0.527. The first-order valence-electron chi connectivity index (χ1n) is 5.98. The number of carbonyl (C=O) groups is 1. The van der Waals surface area contributed by atoms with Crippen LogP contribution in [0.4, 0.5) is 0 Å². The minimum atomic E-state index is -0.715. The van der Waals surface area contributed by atoms with Gasteiger partial charge in [0.25, 0.3) is 11.7 Å². The molecule has 19 heavy (non-hydrogen) atoms. The molecular formula is C12H12N6O. The number of rotatable bonds is 2. The highest BCUT2D eigenvalue weighted by molar-refractivity contribution is 5.92. The normalized spacial score (nSPS) is 16.1. The Morgan fingerprint density at radius 1 is 1.47 bits per heavy atom. The lowest BCUT2D eigenvalue weighted by Gasteiger charge is -2.05. The lowest BCUT2D eigenvalue weighted by atomic mass is 10.3. The zero-order chi connectivity index (χ0) is 13.6. The van der Waals surface area contributed by atoms with E-state index in [2.05, 4.69) is 26.5 Å². The maximum absolute atomic E-state index is 12.0. The van der Waals surface area contributed by atoms with Crippen LogP contribution in [-0.4, -0.2) is 31.0 Å². The molecule has 0 saturated heterocycles. The van der Waals surface area contributed by atoms with Gasteiger partial charge in [-0.1, -0.05) is 0 Å². The SMILES string of the molecule is Cc1cc(C)n2nc(C(=O)NC3(C#N)CC3)nc2n1. The summed E-state index contributed by atoms with van der Waals surface area (Å²) in [6, 6.07) is 3.96. The Morgan fingerprint density at radius 2 is 2.21 bits per heavy atom. The van der Waals surface area contributed by atoms with Crippen LogP contribution in [0, 0.1) is 25.2 Å². The van der Waals surface area contributed by atoms with Crippen LogP contribution in [-0.2, 0) is 0 Å². The maximum atomic E-state index is 12.0. The fourth-order valence-electron chi connectivity index (χ4n) is 1.93. The van der Waals surface area contributed by atoms with Crippen molar-refractivity contribution in [2.45, 2.75) is 32.2 Å². The number of nitrogens with zero attached hydrogens (tertiary/aromatic N) is 5. The smallest absolute Gasteiger partial charge is 0.292 e. The Kier molecular flexibility index (Phi) is 2.29. The molecule has 0 bridgehead atoms. The molecule has 7 heteroatoms. The van der Waals surface area contributed by atoms with E-state index in [1.54, 1.807) is 0 Å². The lowest BCUT2D eigenvalue weighted by molar-refractivity contribution is 0.0931. The Morgan fingerprint density at radius 3 is 2.84 bits per heavy atom. The Balaban J connectivity index is 1.96. The van der Waals surface area contributed by atoms with E-state index in [0.29, 0.717) is 18.6 Å². The molecule has 0 unspecified atom stereocenters. The molecule has 1 amide bonds. The molecular weight excluding hydrogens is 244 g/mol. The molecule has 0 aliphatic heterocycles. The number of aryl methyl sites for hydroxylation is 2. The second kappa shape index (κ2) is 3.75. The highest BCUT2D eigenvalue weighted by Crippen LogP contribution is 2.34. The largest absolute Gasteiger partial charge is 0.331 e. The van der Waals surface area contributed by atoms with Crippen molar-refractivity contribution in [2.75, 3.05) is 0 Å². The molecule has 0 aromatic carbocycles. The predicted molar refractivity (Wildman–Crippen MR) is 65.3 cm³/mol. The van der Waals surface area contributed by atoms with E-state index in [0.717, 1.165) is 11.4 Å². The van der Waals surface area contributed by atoms with E-state index in [9.17, 15) is 4.79 Å². The van der Waals surface area contributed by atoms with Crippen molar-refractivity contribution in [3.63, 3.8) is 0 Å². The van der Waals surface area contributed by atoms with Crippen molar-refractivity contribution < 1.29 is 4.79 Å². The number of nitrogens with one attached hydrogen (secondary N) is 1. The summed E-state index contributed by atoms with van der Waals surface area (Å²) < 4.78 is 1.52. The molecule has 2 heterocycles. The molecule has 1 aliphatic rings. The number of fused-ring (bicyclic) bond motifs is 1. The van der Waals surface area contributed by atoms with Gasteiger partial charge in [-0.3, -0.25) is 4.79 Å². The number of nitriles is 1. The van der Waals surface area contributed by atoms with Gasteiger partial charge in [0.1, 0.15) is 5.54 Å². The number of amides is 1.